The highest BCUT2D eigenvalue weighted by Crippen LogP contribution is 2.18. The summed E-state index contributed by atoms with van der Waals surface area (Å²) in [5, 5.41) is 12.4. The van der Waals surface area contributed by atoms with Crippen molar-refractivity contribution in [3.05, 3.63) is 42.0 Å². The van der Waals surface area contributed by atoms with Gasteiger partial charge in [0.2, 0.25) is 0 Å². The van der Waals surface area contributed by atoms with Crippen LogP contribution in [-0.4, -0.2) is 37.7 Å². The molecule has 0 radical (unpaired) electrons. The van der Waals surface area contributed by atoms with E-state index < -0.39 is 18.0 Å². The fourth-order valence-electron chi connectivity index (χ4n) is 1.44. The first-order chi connectivity index (χ1) is 9.58. The van der Waals surface area contributed by atoms with Crippen LogP contribution in [0.3, 0.4) is 0 Å². The van der Waals surface area contributed by atoms with Gasteiger partial charge in [-0.1, -0.05) is 18.2 Å². The van der Waals surface area contributed by atoms with Crippen LogP contribution in [0.5, 0.6) is 5.75 Å². The second kappa shape index (κ2) is 7.96. The normalized spacial score (nSPS) is 11.9. The monoisotopic (exact) mass is 279 g/mol. The largest absolute Gasteiger partial charge is 0.497 e. The molecular weight excluding hydrogens is 262 g/mol. The Labute approximate surface area is 117 Å². The topological polar surface area (TPSA) is 84.9 Å². The minimum absolute atomic E-state index is 0.120. The molecule has 6 nitrogen and oxygen atoms in total. The molecule has 1 aromatic carbocycles. The van der Waals surface area contributed by atoms with Crippen molar-refractivity contribution in [1.82, 2.24) is 5.32 Å². The number of benzene rings is 1. The zero-order chi connectivity index (χ0) is 15.0. The molecule has 0 fully saturated rings. The number of aliphatic hydroxyl groups is 1. The molecule has 108 valence electrons. The highest BCUT2D eigenvalue weighted by molar-refractivity contribution is 5.83. The molecule has 20 heavy (non-hydrogen) atoms. The maximum atomic E-state index is 11.7. The predicted molar refractivity (Wildman–Crippen MR) is 72.1 cm³/mol. The number of nitrogens with one attached hydrogen (secondary N) is 1. The van der Waals surface area contributed by atoms with E-state index >= 15 is 0 Å². The van der Waals surface area contributed by atoms with Crippen LogP contribution in [0.15, 0.2) is 36.4 Å². The van der Waals surface area contributed by atoms with E-state index in [2.05, 4.69) is 10.1 Å². The van der Waals surface area contributed by atoms with Gasteiger partial charge in [-0.3, -0.25) is 4.79 Å². The molecule has 0 spiro atoms. The number of hydrogen-bond donors (Lipinski definition) is 2. The van der Waals surface area contributed by atoms with Gasteiger partial charge < -0.3 is 19.9 Å². The Hall–Kier alpha value is -2.34. The summed E-state index contributed by atoms with van der Waals surface area (Å²) in [6, 6.07) is 6.60. The highest BCUT2D eigenvalue weighted by atomic mass is 16.5. The van der Waals surface area contributed by atoms with E-state index in [1.807, 2.05) is 0 Å². The second-order valence-corrected chi connectivity index (χ2v) is 3.85. The minimum Gasteiger partial charge on any atom is -0.497 e. The van der Waals surface area contributed by atoms with Crippen LogP contribution in [0.25, 0.3) is 0 Å². The van der Waals surface area contributed by atoms with Gasteiger partial charge in [0.15, 0.2) is 6.10 Å². The standard InChI is InChI=1S/C14H17NO5/c1-19-11-6-3-5-10(9-11)13(17)14(18)15-8-4-7-12(16)20-2/h3-7,9,13,17H,8H2,1-2H3,(H,15,18)/b7-4+. The first-order valence-corrected chi connectivity index (χ1v) is 5.92. The Bertz CT molecular complexity index is 498. The van der Waals surface area contributed by atoms with Crippen molar-refractivity contribution in [2.24, 2.45) is 0 Å². The Kier molecular flexibility index (Phi) is 6.25. The number of ether oxygens (including phenoxy) is 2. The van der Waals surface area contributed by atoms with Crippen molar-refractivity contribution in [1.29, 1.82) is 0 Å². The van der Waals surface area contributed by atoms with Crippen LogP contribution in [0.4, 0.5) is 0 Å². The first-order valence-electron chi connectivity index (χ1n) is 5.92. The summed E-state index contributed by atoms with van der Waals surface area (Å²) >= 11 is 0. The molecule has 0 aromatic heterocycles. The Morgan fingerprint density at radius 3 is 2.80 bits per heavy atom. The van der Waals surface area contributed by atoms with Crippen molar-refractivity contribution in [3.8, 4) is 5.75 Å². The fourth-order valence-corrected chi connectivity index (χ4v) is 1.44. The molecule has 6 heteroatoms. The maximum Gasteiger partial charge on any atom is 0.330 e. The Balaban J connectivity index is 2.54. The maximum absolute atomic E-state index is 11.7. The van der Waals surface area contributed by atoms with Gasteiger partial charge in [-0.05, 0) is 17.7 Å². The third-order valence-corrected chi connectivity index (χ3v) is 2.51. The molecule has 0 aliphatic rings. The number of hydrogen-bond acceptors (Lipinski definition) is 5. The molecule has 1 rings (SSSR count). The third kappa shape index (κ3) is 4.74. The number of esters is 1. The van der Waals surface area contributed by atoms with E-state index in [9.17, 15) is 14.7 Å². The molecule has 1 atom stereocenters. The molecule has 0 aliphatic carbocycles. The van der Waals surface area contributed by atoms with Gasteiger partial charge in [0, 0.05) is 12.6 Å². The third-order valence-electron chi connectivity index (χ3n) is 2.51. The quantitative estimate of drug-likeness (QED) is 0.587. The number of carbonyl (C=O) groups is 2. The number of amides is 1. The van der Waals surface area contributed by atoms with Gasteiger partial charge in [0.1, 0.15) is 5.75 Å². The highest BCUT2D eigenvalue weighted by Gasteiger charge is 2.16. The zero-order valence-corrected chi connectivity index (χ0v) is 11.3. The molecule has 0 bridgehead atoms. The molecule has 0 heterocycles. The number of methoxy groups -OCH3 is 2. The number of rotatable bonds is 6. The van der Waals surface area contributed by atoms with Gasteiger partial charge in [-0.25, -0.2) is 4.79 Å². The van der Waals surface area contributed by atoms with E-state index in [0.717, 1.165) is 0 Å². The zero-order valence-electron chi connectivity index (χ0n) is 11.3. The Morgan fingerprint density at radius 1 is 1.40 bits per heavy atom. The predicted octanol–water partition coefficient (Wildman–Crippen LogP) is 0.574. The van der Waals surface area contributed by atoms with Crippen molar-refractivity contribution < 1.29 is 24.2 Å². The Morgan fingerprint density at radius 2 is 2.15 bits per heavy atom. The number of carbonyl (C=O) groups excluding carboxylic acids is 2. The summed E-state index contributed by atoms with van der Waals surface area (Å²) < 4.78 is 9.41. The summed E-state index contributed by atoms with van der Waals surface area (Å²) in [6.07, 6.45) is 1.33. The molecule has 0 saturated heterocycles. The van der Waals surface area contributed by atoms with Crippen LogP contribution in [0.1, 0.15) is 11.7 Å². The first kappa shape index (κ1) is 15.7. The van der Waals surface area contributed by atoms with Crippen molar-refractivity contribution in [2.75, 3.05) is 20.8 Å². The smallest absolute Gasteiger partial charge is 0.330 e. The van der Waals surface area contributed by atoms with Crippen LogP contribution < -0.4 is 10.1 Å². The van der Waals surface area contributed by atoms with E-state index in [4.69, 9.17) is 4.74 Å². The average molecular weight is 279 g/mol. The lowest BCUT2D eigenvalue weighted by Crippen LogP contribution is -2.29. The fraction of sp³-hybridized carbons (Fsp3) is 0.286. The summed E-state index contributed by atoms with van der Waals surface area (Å²) in [5.41, 5.74) is 0.429. The van der Waals surface area contributed by atoms with Gasteiger partial charge in [0.25, 0.3) is 5.91 Å². The molecule has 0 saturated carbocycles. The molecule has 2 N–H and O–H groups in total. The van der Waals surface area contributed by atoms with Crippen LogP contribution in [0, 0.1) is 0 Å². The van der Waals surface area contributed by atoms with E-state index in [1.54, 1.807) is 24.3 Å². The summed E-state index contributed by atoms with van der Waals surface area (Å²) in [6.45, 7) is 0.120. The van der Waals surface area contributed by atoms with E-state index in [1.165, 1.54) is 26.4 Å². The van der Waals surface area contributed by atoms with Gasteiger partial charge in [0.05, 0.1) is 14.2 Å². The van der Waals surface area contributed by atoms with Crippen molar-refractivity contribution in [2.45, 2.75) is 6.10 Å². The lowest BCUT2D eigenvalue weighted by atomic mass is 10.1. The number of aliphatic hydroxyl groups excluding tert-OH is 1. The summed E-state index contributed by atoms with van der Waals surface area (Å²) in [7, 11) is 2.76. The second-order valence-electron chi connectivity index (χ2n) is 3.85. The van der Waals surface area contributed by atoms with Crippen LogP contribution in [-0.2, 0) is 14.3 Å². The molecule has 1 amide bonds. The van der Waals surface area contributed by atoms with Crippen molar-refractivity contribution >= 4 is 11.9 Å². The average Bonchev–Trinajstić information content (AvgIpc) is 2.50. The lowest BCUT2D eigenvalue weighted by Gasteiger charge is -2.11. The molecule has 1 unspecified atom stereocenters. The van der Waals surface area contributed by atoms with Crippen molar-refractivity contribution in [3.63, 3.8) is 0 Å². The van der Waals surface area contributed by atoms with E-state index in [-0.39, 0.29) is 6.54 Å². The minimum atomic E-state index is -1.29. The summed E-state index contributed by atoms with van der Waals surface area (Å²) in [4.78, 5) is 22.5. The van der Waals surface area contributed by atoms with Crippen LogP contribution in [0.2, 0.25) is 0 Å². The van der Waals surface area contributed by atoms with E-state index in [0.29, 0.717) is 11.3 Å². The van der Waals surface area contributed by atoms with Gasteiger partial charge in [-0.15, -0.1) is 0 Å². The van der Waals surface area contributed by atoms with Crippen LogP contribution >= 0.6 is 0 Å². The van der Waals surface area contributed by atoms with Gasteiger partial charge in [-0.2, -0.15) is 0 Å². The lowest BCUT2D eigenvalue weighted by molar-refractivity contribution is -0.135. The summed E-state index contributed by atoms with van der Waals surface area (Å²) in [5.74, 6) is -0.514. The van der Waals surface area contributed by atoms with Gasteiger partial charge >= 0.3 is 5.97 Å². The SMILES string of the molecule is COC(=O)/C=C/CNC(=O)C(O)c1cccc(OC)c1. The molecule has 0 aliphatic heterocycles. The molecular formula is C14H17NO5. The molecule has 1 aromatic rings.